The van der Waals surface area contributed by atoms with Gasteiger partial charge in [0.2, 0.25) is 11.7 Å². The second-order valence-corrected chi connectivity index (χ2v) is 8.48. The first-order valence-corrected chi connectivity index (χ1v) is 11.4. The van der Waals surface area contributed by atoms with Gasteiger partial charge in [0.05, 0.1) is 17.8 Å². The molecule has 192 valence electrons. The van der Waals surface area contributed by atoms with Gasteiger partial charge in [-0.15, -0.1) is 0 Å². The van der Waals surface area contributed by atoms with Crippen LogP contribution in [0.4, 0.5) is 18.0 Å². The van der Waals surface area contributed by atoms with Crippen molar-refractivity contribution in [2.75, 3.05) is 6.54 Å². The Kier molecular flexibility index (Phi) is 6.65. The van der Waals surface area contributed by atoms with Crippen LogP contribution in [-0.4, -0.2) is 28.0 Å². The average Bonchev–Trinajstić information content (AvgIpc) is 2.91. The van der Waals surface area contributed by atoms with Crippen LogP contribution in [0.25, 0.3) is 16.8 Å². The molecule has 2 aromatic carbocycles. The van der Waals surface area contributed by atoms with Crippen LogP contribution in [0.5, 0.6) is 5.75 Å². The second kappa shape index (κ2) is 10.2. The minimum atomic E-state index is -1.30. The van der Waals surface area contributed by atoms with Gasteiger partial charge in [-0.25, -0.2) is 13.6 Å². The molecule has 1 aliphatic rings. The number of halogens is 3. The molecule has 2 N–H and O–H groups in total. The Morgan fingerprint density at radius 3 is 2.55 bits per heavy atom. The van der Waals surface area contributed by atoms with Crippen molar-refractivity contribution in [3.05, 3.63) is 112 Å². The van der Waals surface area contributed by atoms with Gasteiger partial charge in [0.25, 0.3) is 5.56 Å². The van der Waals surface area contributed by atoms with Gasteiger partial charge in [-0.2, -0.15) is 4.39 Å². The summed E-state index contributed by atoms with van der Waals surface area (Å²) in [6, 6.07) is 11.6. The van der Waals surface area contributed by atoms with E-state index in [-0.39, 0.29) is 29.8 Å². The Morgan fingerprint density at radius 2 is 1.82 bits per heavy atom. The molecular weight excluding hydrogens is 501 g/mol. The lowest BCUT2D eigenvalue weighted by Gasteiger charge is -2.23. The number of carbonyl (C=O) groups excluding carboxylic acids is 2. The van der Waals surface area contributed by atoms with E-state index in [0.29, 0.717) is 11.3 Å². The summed E-state index contributed by atoms with van der Waals surface area (Å²) in [5.74, 6) is -5.14. The van der Waals surface area contributed by atoms with Gasteiger partial charge >= 0.3 is 6.03 Å². The van der Waals surface area contributed by atoms with Crippen molar-refractivity contribution < 1.29 is 27.5 Å². The van der Waals surface area contributed by atoms with Gasteiger partial charge in [0.1, 0.15) is 12.4 Å². The summed E-state index contributed by atoms with van der Waals surface area (Å²) in [5.41, 5.74) is 0.124. The Balaban J connectivity index is 1.62. The van der Waals surface area contributed by atoms with E-state index >= 15 is 0 Å². The van der Waals surface area contributed by atoms with Crippen molar-refractivity contribution in [2.45, 2.75) is 12.5 Å². The Hall–Kier alpha value is -4.93. The largest absolute Gasteiger partial charge is 0.486 e. The van der Waals surface area contributed by atoms with Gasteiger partial charge in [0, 0.05) is 30.1 Å². The molecule has 0 spiro atoms. The number of aromatic nitrogens is 2. The first-order valence-electron chi connectivity index (χ1n) is 11.4. The third-order valence-electron chi connectivity index (χ3n) is 6.03. The van der Waals surface area contributed by atoms with E-state index in [0.717, 1.165) is 12.1 Å². The molecule has 3 amide bonds. The highest BCUT2D eigenvalue weighted by Crippen LogP contribution is 2.30. The zero-order valence-corrected chi connectivity index (χ0v) is 19.6. The second-order valence-electron chi connectivity index (χ2n) is 8.48. The third-order valence-corrected chi connectivity index (χ3v) is 6.03. The maximum Gasteiger partial charge on any atom is 0.321 e. The molecule has 11 heteroatoms. The lowest BCUT2D eigenvalue weighted by atomic mass is 9.95. The van der Waals surface area contributed by atoms with E-state index in [1.807, 2.05) is 0 Å². The number of amides is 3. The monoisotopic (exact) mass is 520 g/mol. The quantitative estimate of drug-likeness (QED) is 0.403. The zero-order chi connectivity index (χ0) is 26.8. The predicted octanol–water partition coefficient (Wildman–Crippen LogP) is 3.82. The third kappa shape index (κ3) is 4.85. The van der Waals surface area contributed by atoms with Gasteiger partial charge < -0.3 is 10.1 Å². The van der Waals surface area contributed by atoms with E-state index in [9.17, 15) is 27.6 Å². The summed E-state index contributed by atoms with van der Waals surface area (Å²) in [6.07, 6.45) is 4.36. The summed E-state index contributed by atoms with van der Waals surface area (Å²) in [5, 5.41) is 4.70. The molecule has 1 aliphatic heterocycles. The molecule has 4 aromatic rings. The highest BCUT2D eigenvalue weighted by atomic mass is 19.2. The summed E-state index contributed by atoms with van der Waals surface area (Å²) in [6.45, 7) is -0.418. The molecule has 38 heavy (non-hydrogen) atoms. The van der Waals surface area contributed by atoms with Crippen molar-refractivity contribution in [1.82, 2.24) is 20.2 Å². The average molecular weight is 520 g/mol. The standard InChI is InChI=1S/C27H19F3N4O4/c28-21-6-2-1-4-15(21)14-38-23-10-16(9-22(29)24(23)30)19-8-17(20-12-32-27(37)33-25(20)35)13-34(26(19)36)18-5-3-7-31-11-18/h1-11,13,20H,12,14H2,(H2,32,33,35,37). The molecule has 1 unspecified atom stereocenters. The van der Waals surface area contributed by atoms with Gasteiger partial charge in [0.15, 0.2) is 11.6 Å². The number of ether oxygens (including phenoxy) is 1. The van der Waals surface area contributed by atoms with E-state index in [2.05, 4.69) is 15.6 Å². The molecule has 1 atom stereocenters. The highest BCUT2D eigenvalue weighted by Gasteiger charge is 2.29. The Labute approximate surface area is 213 Å². The number of urea groups is 1. The number of benzene rings is 2. The van der Waals surface area contributed by atoms with Crippen LogP contribution in [0.1, 0.15) is 17.0 Å². The molecule has 0 aliphatic carbocycles. The number of imide groups is 1. The number of pyridine rings is 2. The van der Waals surface area contributed by atoms with Crippen LogP contribution in [0.3, 0.4) is 0 Å². The molecule has 1 fully saturated rings. The lowest BCUT2D eigenvalue weighted by molar-refractivity contribution is -0.122. The van der Waals surface area contributed by atoms with Crippen molar-refractivity contribution in [2.24, 2.45) is 0 Å². The van der Waals surface area contributed by atoms with Crippen LogP contribution < -0.4 is 20.9 Å². The summed E-state index contributed by atoms with van der Waals surface area (Å²) in [4.78, 5) is 41.6. The number of carbonyl (C=O) groups is 2. The summed E-state index contributed by atoms with van der Waals surface area (Å²) >= 11 is 0. The van der Waals surface area contributed by atoms with Crippen LogP contribution in [0.15, 0.2) is 78.0 Å². The SMILES string of the molecule is O=C1NCC(c2cc(-c3cc(F)c(F)c(OCc4ccccc4F)c3)c(=O)n(-c3cccnc3)c2)C(=O)N1. The maximum absolute atomic E-state index is 14.7. The van der Waals surface area contributed by atoms with Crippen molar-refractivity contribution >= 4 is 11.9 Å². The summed E-state index contributed by atoms with van der Waals surface area (Å²) in [7, 11) is 0. The first kappa shape index (κ1) is 24.8. The van der Waals surface area contributed by atoms with E-state index in [4.69, 9.17) is 4.74 Å². The van der Waals surface area contributed by atoms with Crippen LogP contribution in [0.2, 0.25) is 0 Å². The van der Waals surface area contributed by atoms with Crippen molar-refractivity contribution in [3.8, 4) is 22.6 Å². The summed E-state index contributed by atoms with van der Waals surface area (Å²) < 4.78 is 49.9. The van der Waals surface area contributed by atoms with Gasteiger partial charge in [-0.05, 0) is 47.5 Å². The molecular formula is C27H19F3N4O4. The van der Waals surface area contributed by atoms with Gasteiger partial charge in [-0.3, -0.25) is 24.5 Å². The molecule has 2 aromatic heterocycles. The number of hydrogen-bond donors (Lipinski definition) is 2. The molecule has 3 heterocycles. The number of rotatable bonds is 6. The van der Waals surface area contributed by atoms with Crippen LogP contribution in [-0.2, 0) is 11.4 Å². The van der Waals surface area contributed by atoms with Gasteiger partial charge in [-0.1, -0.05) is 18.2 Å². The van der Waals surface area contributed by atoms with E-state index < -0.39 is 46.6 Å². The van der Waals surface area contributed by atoms with Crippen LogP contribution in [0, 0.1) is 17.5 Å². The van der Waals surface area contributed by atoms with E-state index in [1.54, 1.807) is 18.2 Å². The fourth-order valence-electron chi connectivity index (χ4n) is 4.08. The number of nitrogens with one attached hydrogen (secondary N) is 2. The molecule has 8 nitrogen and oxygen atoms in total. The Morgan fingerprint density at radius 1 is 1.00 bits per heavy atom. The normalized spacial score (nSPS) is 15.1. The van der Waals surface area contributed by atoms with Crippen molar-refractivity contribution in [1.29, 1.82) is 0 Å². The molecule has 0 saturated carbocycles. The van der Waals surface area contributed by atoms with Crippen LogP contribution >= 0.6 is 0 Å². The zero-order valence-electron chi connectivity index (χ0n) is 19.6. The van der Waals surface area contributed by atoms with Crippen molar-refractivity contribution in [3.63, 3.8) is 0 Å². The highest BCUT2D eigenvalue weighted by molar-refractivity contribution is 6.00. The molecule has 5 rings (SSSR count). The fraction of sp³-hybridized carbons (Fsp3) is 0.111. The molecule has 0 radical (unpaired) electrons. The Bertz CT molecular complexity index is 1610. The fourth-order valence-corrected chi connectivity index (χ4v) is 4.08. The molecule has 0 bridgehead atoms. The minimum Gasteiger partial charge on any atom is -0.486 e. The number of hydrogen-bond acceptors (Lipinski definition) is 5. The smallest absolute Gasteiger partial charge is 0.321 e. The lowest BCUT2D eigenvalue weighted by Crippen LogP contribution is -2.51. The topological polar surface area (TPSA) is 102 Å². The predicted molar refractivity (Wildman–Crippen MR) is 130 cm³/mol. The maximum atomic E-state index is 14.7. The first-order chi connectivity index (χ1) is 18.3. The van der Waals surface area contributed by atoms with E-state index in [1.165, 1.54) is 47.4 Å². The number of nitrogens with zero attached hydrogens (tertiary/aromatic N) is 2. The minimum absolute atomic E-state index is 0.0304. The molecule has 1 saturated heterocycles.